The van der Waals surface area contributed by atoms with Gasteiger partial charge >= 0.3 is 0 Å². The number of anilines is 1. The number of carbonyl (C=O) groups excluding carboxylic acids is 1. The van der Waals surface area contributed by atoms with E-state index >= 15 is 0 Å². The van der Waals surface area contributed by atoms with Gasteiger partial charge in [-0.25, -0.2) is 0 Å². The maximum absolute atomic E-state index is 11.9. The van der Waals surface area contributed by atoms with E-state index in [-0.39, 0.29) is 29.9 Å². The second kappa shape index (κ2) is 12.4. The number of aliphatic imine (C=N–C) groups is 1. The van der Waals surface area contributed by atoms with Crippen molar-refractivity contribution in [2.75, 3.05) is 39.8 Å². The van der Waals surface area contributed by atoms with Gasteiger partial charge < -0.3 is 29.7 Å². The molecule has 174 valence electrons. The summed E-state index contributed by atoms with van der Waals surface area (Å²) in [5, 5.41) is 6.60. The van der Waals surface area contributed by atoms with E-state index < -0.39 is 0 Å². The van der Waals surface area contributed by atoms with Crippen LogP contribution in [0.15, 0.2) is 41.4 Å². The van der Waals surface area contributed by atoms with E-state index in [1.807, 2.05) is 41.3 Å². The smallest absolute Gasteiger partial charge is 0.227 e. The van der Waals surface area contributed by atoms with Crippen LogP contribution in [0, 0.1) is 0 Å². The minimum Gasteiger partial charge on any atom is -0.493 e. The zero-order valence-corrected chi connectivity index (χ0v) is 21.3. The summed E-state index contributed by atoms with van der Waals surface area (Å²) in [7, 11) is 6.51. The maximum atomic E-state index is 11.9. The molecule has 9 heteroatoms. The Kier molecular flexibility index (Phi) is 9.89. The fourth-order valence-electron chi connectivity index (χ4n) is 3.60. The Morgan fingerprint density at radius 2 is 1.66 bits per heavy atom. The molecule has 2 N–H and O–H groups in total. The zero-order chi connectivity index (χ0) is 22.2. The lowest BCUT2D eigenvalue weighted by Gasteiger charge is -2.18. The van der Waals surface area contributed by atoms with Crippen molar-refractivity contribution in [1.82, 2.24) is 10.6 Å². The number of amides is 1. The molecule has 8 nitrogen and oxygen atoms in total. The molecule has 32 heavy (non-hydrogen) atoms. The molecule has 0 aliphatic carbocycles. The molecular weight excluding hydrogens is 523 g/mol. The van der Waals surface area contributed by atoms with E-state index in [4.69, 9.17) is 14.2 Å². The van der Waals surface area contributed by atoms with E-state index in [2.05, 4.69) is 15.6 Å². The van der Waals surface area contributed by atoms with Gasteiger partial charge in [0.2, 0.25) is 11.7 Å². The second-order valence-electron chi connectivity index (χ2n) is 7.09. The molecule has 0 aromatic heterocycles. The van der Waals surface area contributed by atoms with Gasteiger partial charge in [-0.3, -0.25) is 9.79 Å². The number of hydrogen-bond acceptors (Lipinski definition) is 5. The number of methoxy groups -OCH3 is 3. The first-order valence-electron chi connectivity index (χ1n) is 10.2. The Labute approximate surface area is 206 Å². The maximum Gasteiger partial charge on any atom is 0.227 e. The van der Waals surface area contributed by atoms with Gasteiger partial charge in [0.1, 0.15) is 0 Å². The molecule has 0 unspecified atom stereocenters. The van der Waals surface area contributed by atoms with E-state index in [1.54, 1.807) is 28.4 Å². The highest BCUT2D eigenvalue weighted by atomic mass is 127. The third-order valence-corrected chi connectivity index (χ3v) is 5.24. The van der Waals surface area contributed by atoms with Crippen LogP contribution >= 0.6 is 24.0 Å². The molecule has 1 fully saturated rings. The number of nitrogens with one attached hydrogen (secondary N) is 2. The van der Waals surface area contributed by atoms with Crippen molar-refractivity contribution >= 4 is 41.5 Å². The average Bonchev–Trinajstić information content (AvgIpc) is 3.24. The van der Waals surface area contributed by atoms with E-state index in [0.717, 1.165) is 29.8 Å². The highest BCUT2D eigenvalue weighted by molar-refractivity contribution is 14.0. The third kappa shape index (κ3) is 5.96. The molecule has 0 atom stereocenters. The van der Waals surface area contributed by atoms with E-state index in [1.165, 1.54) is 0 Å². The molecule has 1 amide bonds. The topological polar surface area (TPSA) is 84.4 Å². The molecule has 0 spiro atoms. The van der Waals surface area contributed by atoms with Crippen LogP contribution in [0.4, 0.5) is 5.69 Å². The zero-order valence-electron chi connectivity index (χ0n) is 18.9. The molecule has 1 heterocycles. The molecule has 2 aromatic rings. The lowest BCUT2D eigenvalue weighted by molar-refractivity contribution is -0.117. The van der Waals surface area contributed by atoms with Gasteiger partial charge in [0.15, 0.2) is 17.5 Å². The fraction of sp³-hybridized carbons (Fsp3) is 0.391. The van der Waals surface area contributed by atoms with Gasteiger partial charge in [-0.15, -0.1) is 24.0 Å². The number of carbonyl (C=O) groups is 1. The van der Waals surface area contributed by atoms with Crippen LogP contribution in [-0.4, -0.2) is 46.8 Å². The minimum atomic E-state index is 0. The van der Waals surface area contributed by atoms with E-state index in [9.17, 15) is 4.79 Å². The first-order chi connectivity index (χ1) is 15.1. The summed E-state index contributed by atoms with van der Waals surface area (Å²) in [6.45, 7) is 1.91. The fourth-order valence-corrected chi connectivity index (χ4v) is 3.60. The van der Waals surface area contributed by atoms with Crippen LogP contribution in [0.25, 0.3) is 0 Å². The van der Waals surface area contributed by atoms with Crippen molar-refractivity contribution in [3.05, 3.63) is 47.5 Å². The molecule has 2 aromatic carbocycles. The van der Waals surface area contributed by atoms with Crippen molar-refractivity contribution in [3.63, 3.8) is 0 Å². The van der Waals surface area contributed by atoms with Crippen LogP contribution < -0.4 is 29.7 Å². The molecule has 0 bridgehead atoms. The van der Waals surface area contributed by atoms with Gasteiger partial charge in [-0.2, -0.15) is 0 Å². The van der Waals surface area contributed by atoms with Gasteiger partial charge in [-0.05, 0) is 36.2 Å². The Hall–Kier alpha value is -2.69. The van der Waals surface area contributed by atoms with Crippen LogP contribution in [0.3, 0.4) is 0 Å². The van der Waals surface area contributed by atoms with Gasteiger partial charge in [0.25, 0.3) is 0 Å². The lowest BCUT2D eigenvalue weighted by atomic mass is 10.1. The summed E-state index contributed by atoms with van der Waals surface area (Å²) < 4.78 is 16.3. The molecule has 1 aliphatic rings. The largest absolute Gasteiger partial charge is 0.493 e. The number of hydrogen-bond donors (Lipinski definition) is 2. The summed E-state index contributed by atoms with van der Waals surface area (Å²) >= 11 is 0. The predicted molar refractivity (Wildman–Crippen MR) is 137 cm³/mol. The second-order valence-corrected chi connectivity index (χ2v) is 7.09. The molecule has 1 aliphatic heterocycles. The monoisotopic (exact) mass is 554 g/mol. The normalized spacial score (nSPS) is 13.4. The Balaban J connectivity index is 0.00000363. The van der Waals surface area contributed by atoms with E-state index in [0.29, 0.717) is 42.7 Å². The van der Waals surface area contributed by atoms with Gasteiger partial charge in [0, 0.05) is 44.4 Å². The number of benzene rings is 2. The van der Waals surface area contributed by atoms with Gasteiger partial charge in [0.05, 0.1) is 21.3 Å². The van der Waals surface area contributed by atoms with Crippen molar-refractivity contribution < 1.29 is 19.0 Å². The van der Waals surface area contributed by atoms with Gasteiger partial charge in [-0.1, -0.05) is 12.1 Å². The molecular formula is C23H31IN4O4. The number of ether oxygens (including phenoxy) is 3. The summed E-state index contributed by atoms with van der Waals surface area (Å²) in [5.41, 5.74) is 2.97. The number of halogens is 1. The number of guanidine groups is 1. The number of rotatable bonds is 8. The molecule has 0 radical (unpaired) electrons. The lowest BCUT2D eigenvalue weighted by Crippen LogP contribution is -2.36. The Bertz CT molecular complexity index is 934. The SMILES string of the molecule is CN=C(NCc1ccc(N2CCCC2=O)cc1)NCc1ccc(OC)c(OC)c1OC.I. The average molecular weight is 554 g/mol. The number of nitrogens with zero attached hydrogens (tertiary/aromatic N) is 2. The Morgan fingerprint density at radius 1 is 0.969 bits per heavy atom. The molecule has 1 saturated heterocycles. The third-order valence-electron chi connectivity index (χ3n) is 5.24. The molecule has 0 saturated carbocycles. The highest BCUT2D eigenvalue weighted by Gasteiger charge is 2.21. The summed E-state index contributed by atoms with van der Waals surface area (Å²) in [6.07, 6.45) is 1.56. The van der Waals surface area contributed by atoms with Crippen molar-refractivity contribution in [1.29, 1.82) is 0 Å². The van der Waals surface area contributed by atoms with Crippen molar-refractivity contribution in [2.24, 2.45) is 4.99 Å². The Morgan fingerprint density at radius 3 is 2.22 bits per heavy atom. The minimum absolute atomic E-state index is 0. The summed E-state index contributed by atoms with van der Waals surface area (Å²) in [5.74, 6) is 2.65. The van der Waals surface area contributed by atoms with Crippen LogP contribution in [0.1, 0.15) is 24.0 Å². The van der Waals surface area contributed by atoms with Crippen LogP contribution in [-0.2, 0) is 17.9 Å². The molecule has 3 rings (SSSR count). The predicted octanol–water partition coefficient (Wildman–Crippen LogP) is 3.32. The van der Waals surface area contributed by atoms with Crippen LogP contribution in [0.5, 0.6) is 17.2 Å². The summed E-state index contributed by atoms with van der Waals surface area (Å²) in [6, 6.07) is 11.8. The van der Waals surface area contributed by atoms with Crippen molar-refractivity contribution in [2.45, 2.75) is 25.9 Å². The first-order valence-corrected chi connectivity index (χ1v) is 10.2. The standard InChI is InChI=1S/C23H30N4O4.HI/c1-24-23(26-15-17-9-12-19(29-2)22(31-4)21(17)30-3)25-14-16-7-10-18(11-8-16)27-13-5-6-20(27)28;/h7-12H,5-6,13-15H2,1-4H3,(H2,24,25,26);1H. The first kappa shape index (κ1) is 25.6. The quantitative estimate of drug-likeness (QED) is 0.296. The van der Waals surface area contributed by atoms with Crippen LogP contribution in [0.2, 0.25) is 0 Å². The highest BCUT2D eigenvalue weighted by Crippen LogP contribution is 2.39. The van der Waals surface area contributed by atoms with Crippen molar-refractivity contribution in [3.8, 4) is 17.2 Å². The summed E-state index contributed by atoms with van der Waals surface area (Å²) in [4.78, 5) is 18.0.